The lowest BCUT2D eigenvalue weighted by Crippen LogP contribution is -2.41. The van der Waals surface area contributed by atoms with Crippen molar-refractivity contribution in [1.29, 1.82) is 0 Å². The number of rotatable bonds is 1. The van der Waals surface area contributed by atoms with Gasteiger partial charge in [0.2, 0.25) is 0 Å². The highest BCUT2D eigenvalue weighted by molar-refractivity contribution is 9.10. The number of halogens is 2. The number of carbonyl (C=O) groups is 1. The molecule has 1 aromatic rings. The fourth-order valence-corrected chi connectivity index (χ4v) is 3.22. The molecule has 1 aliphatic rings. The quantitative estimate of drug-likeness (QED) is 0.793. The van der Waals surface area contributed by atoms with Crippen LogP contribution < -0.4 is 0 Å². The van der Waals surface area contributed by atoms with Gasteiger partial charge in [0.25, 0.3) is 5.91 Å². The van der Waals surface area contributed by atoms with Crippen molar-refractivity contribution in [1.82, 2.24) is 4.90 Å². The molecule has 2 rings (SSSR count). The molecule has 0 spiro atoms. The van der Waals surface area contributed by atoms with Crippen molar-refractivity contribution < 1.29 is 9.18 Å². The SMILES string of the molecule is CC1CN(C(=O)c2cccc(Br)c2F)CCS1. The van der Waals surface area contributed by atoms with Crippen molar-refractivity contribution >= 4 is 33.6 Å². The molecule has 0 radical (unpaired) electrons. The molecule has 1 aliphatic heterocycles. The maximum absolute atomic E-state index is 13.8. The smallest absolute Gasteiger partial charge is 0.256 e. The van der Waals surface area contributed by atoms with Crippen LogP contribution in [0, 0.1) is 5.82 Å². The van der Waals surface area contributed by atoms with Crippen molar-refractivity contribution in [2.24, 2.45) is 0 Å². The average molecular weight is 318 g/mol. The Bertz CT molecular complexity index is 441. The third-order valence-corrected chi connectivity index (χ3v) is 4.46. The fraction of sp³-hybridized carbons (Fsp3) is 0.417. The number of benzene rings is 1. The summed E-state index contributed by atoms with van der Waals surface area (Å²) in [6, 6.07) is 4.82. The van der Waals surface area contributed by atoms with Gasteiger partial charge in [-0.3, -0.25) is 4.79 Å². The largest absolute Gasteiger partial charge is 0.337 e. The minimum absolute atomic E-state index is 0.151. The molecule has 1 heterocycles. The molecule has 5 heteroatoms. The Kier molecular flexibility index (Phi) is 4.09. The standard InChI is InChI=1S/C12H13BrFNOS/c1-8-7-15(5-6-17-8)12(16)9-3-2-4-10(13)11(9)14/h2-4,8H,5-7H2,1H3. The second-order valence-corrected chi connectivity index (χ2v) is 6.43. The lowest BCUT2D eigenvalue weighted by molar-refractivity contribution is 0.0758. The second kappa shape index (κ2) is 5.40. The highest BCUT2D eigenvalue weighted by Gasteiger charge is 2.24. The fourth-order valence-electron chi connectivity index (χ4n) is 1.84. The Morgan fingerprint density at radius 2 is 2.35 bits per heavy atom. The third kappa shape index (κ3) is 2.83. The summed E-state index contributed by atoms with van der Waals surface area (Å²) >= 11 is 4.95. The van der Waals surface area contributed by atoms with Gasteiger partial charge in [-0.2, -0.15) is 11.8 Å². The number of thioether (sulfide) groups is 1. The zero-order valence-corrected chi connectivity index (χ0v) is 11.9. The van der Waals surface area contributed by atoms with E-state index in [2.05, 4.69) is 22.9 Å². The number of nitrogens with zero attached hydrogens (tertiary/aromatic N) is 1. The molecule has 1 aromatic carbocycles. The van der Waals surface area contributed by atoms with E-state index in [4.69, 9.17) is 0 Å². The number of carbonyl (C=O) groups excluding carboxylic acids is 1. The topological polar surface area (TPSA) is 20.3 Å². The van der Waals surface area contributed by atoms with Crippen LogP contribution in [0.15, 0.2) is 22.7 Å². The molecule has 0 saturated carbocycles. The van der Waals surface area contributed by atoms with Crippen LogP contribution in [-0.2, 0) is 0 Å². The van der Waals surface area contributed by atoms with Gasteiger partial charge in [-0.1, -0.05) is 13.0 Å². The lowest BCUT2D eigenvalue weighted by atomic mass is 10.2. The van der Waals surface area contributed by atoms with Gasteiger partial charge in [0.05, 0.1) is 10.0 Å². The molecule has 1 unspecified atom stereocenters. The Hall–Kier alpha value is -0.550. The van der Waals surface area contributed by atoms with Gasteiger partial charge in [0, 0.05) is 24.1 Å². The highest BCUT2D eigenvalue weighted by Crippen LogP contribution is 2.23. The third-order valence-electron chi connectivity index (χ3n) is 2.71. The van der Waals surface area contributed by atoms with E-state index in [-0.39, 0.29) is 11.5 Å². The van der Waals surface area contributed by atoms with E-state index in [0.717, 1.165) is 5.75 Å². The minimum atomic E-state index is -0.469. The average Bonchev–Trinajstić information content (AvgIpc) is 2.32. The van der Waals surface area contributed by atoms with Gasteiger partial charge in [-0.15, -0.1) is 0 Å². The maximum Gasteiger partial charge on any atom is 0.256 e. The zero-order valence-electron chi connectivity index (χ0n) is 9.45. The first-order valence-electron chi connectivity index (χ1n) is 5.44. The van der Waals surface area contributed by atoms with E-state index in [9.17, 15) is 9.18 Å². The molecular formula is C12H13BrFNOS. The van der Waals surface area contributed by atoms with E-state index >= 15 is 0 Å². The predicted molar refractivity (Wildman–Crippen MR) is 71.9 cm³/mol. The van der Waals surface area contributed by atoms with Crippen molar-refractivity contribution in [3.63, 3.8) is 0 Å². The molecule has 2 nitrogen and oxygen atoms in total. The van der Waals surface area contributed by atoms with Crippen LogP contribution in [0.3, 0.4) is 0 Å². The van der Waals surface area contributed by atoms with Crippen LogP contribution in [-0.4, -0.2) is 34.9 Å². The summed E-state index contributed by atoms with van der Waals surface area (Å²) in [5, 5.41) is 0.419. The first-order chi connectivity index (χ1) is 8.09. The van der Waals surface area contributed by atoms with Crippen molar-refractivity contribution in [3.05, 3.63) is 34.1 Å². The molecule has 0 N–H and O–H groups in total. The van der Waals surface area contributed by atoms with Gasteiger partial charge in [-0.05, 0) is 28.1 Å². The van der Waals surface area contributed by atoms with Crippen LogP contribution in [0.5, 0.6) is 0 Å². The summed E-state index contributed by atoms with van der Waals surface area (Å²) < 4.78 is 14.1. The van der Waals surface area contributed by atoms with E-state index in [1.807, 2.05) is 11.8 Å². The second-order valence-electron chi connectivity index (χ2n) is 4.03. The first-order valence-corrected chi connectivity index (χ1v) is 7.28. The minimum Gasteiger partial charge on any atom is -0.337 e. The Morgan fingerprint density at radius 1 is 1.59 bits per heavy atom. The van der Waals surface area contributed by atoms with Crippen molar-refractivity contribution in [2.75, 3.05) is 18.8 Å². The molecule has 1 atom stereocenters. The van der Waals surface area contributed by atoms with E-state index in [1.165, 1.54) is 6.07 Å². The van der Waals surface area contributed by atoms with Crippen LogP contribution >= 0.6 is 27.7 Å². The number of amides is 1. The van der Waals surface area contributed by atoms with E-state index in [0.29, 0.717) is 22.8 Å². The zero-order chi connectivity index (χ0) is 12.4. The Morgan fingerprint density at radius 3 is 3.06 bits per heavy atom. The van der Waals surface area contributed by atoms with Crippen molar-refractivity contribution in [3.8, 4) is 0 Å². The lowest BCUT2D eigenvalue weighted by Gasteiger charge is -2.30. The summed E-state index contributed by atoms with van der Waals surface area (Å²) in [5.41, 5.74) is 0.151. The Labute approximate surface area is 113 Å². The summed E-state index contributed by atoms with van der Waals surface area (Å²) in [6.07, 6.45) is 0. The summed E-state index contributed by atoms with van der Waals surface area (Å²) in [5.74, 6) is 0.238. The van der Waals surface area contributed by atoms with Gasteiger partial charge in [0.1, 0.15) is 5.82 Å². The Balaban J connectivity index is 2.22. The van der Waals surface area contributed by atoms with Crippen LogP contribution in [0.4, 0.5) is 4.39 Å². The molecule has 0 bridgehead atoms. The molecule has 0 aromatic heterocycles. The van der Waals surface area contributed by atoms with Gasteiger partial charge in [0.15, 0.2) is 0 Å². The predicted octanol–water partition coefficient (Wildman–Crippen LogP) is 3.17. The normalized spacial score (nSPS) is 20.4. The molecule has 92 valence electrons. The molecule has 1 saturated heterocycles. The van der Waals surface area contributed by atoms with Gasteiger partial charge < -0.3 is 4.90 Å². The molecule has 17 heavy (non-hydrogen) atoms. The summed E-state index contributed by atoms with van der Waals surface area (Å²) in [4.78, 5) is 13.9. The van der Waals surface area contributed by atoms with Gasteiger partial charge >= 0.3 is 0 Å². The van der Waals surface area contributed by atoms with E-state index < -0.39 is 5.82 Å². The molecule has 1 fully saturated rings. The maximum atomic E-state index is 13.8. The number of hydrogen-bond donors (Lipinski definition) is 0. The van der Waals surface area contributed by atoms with Crippen LogP contribution in [0.1, 0.15) is 17.3 Å². The van der Waals surface area contributed by atoms with E-state index in [1.54, 1.807) is 17.0 Å². The highest BCUT2D eigenvalue weighted by atomic mass is 79.9. The van der Waals surface area contributed by atoms with Crippen LogP contribution in [0.2, 0.25) is 0 Å². The van der Waals surface area contributed by atoms with Gasteiger partial charge in [-0.25, -0.2) is 4.39 Å². The summed E-state index contributed by atoms with van der Waals surface area (Å²) in [7, 11) is 0. The van der Waals surface area contributed by atoms with Crippen molar-refractivity contribution in [2.45, 2.75) is 12.2 Å². The molecule has 1 amide bonds. The monoisotopic (exact) mass is 317 g/mol. The number of hydrogen-bond acceptors (Lipinski definition) is 2. The molecular weight excluding hydrogens is 305 g/mol. The summed E-state index contributed by atoms with van der Waals surface area (Å²) in [6.45, 7) is 3.47. The first kappa shape index (κ1) is 12.9. The van der Waals surface area contributed by atoms with Crippen LogP contribution in [0.25, 0.3) is 0 Å². The molecule has 0 aliphatic carbocycles.